The van der Waals surface area contributed by atoms with E-state index < -0.39 is 6.04 Å². The van der Waals surface area contributed by atoms with Crippen LogP contribution in [-0.2, 0) is 4.79 Å². The molecule has 7 heteroatoms. The predicted octanol–water partition coefficient (Wildman–Crippen LogP) is 4.76. The van der Waals surface area contributed by atoms with Crippen LogP contribution in [0.5, 0.6) is 11.5 Å². The van der Waals surface area contributed by atoms with Gasteiger partial charge in [-0.2, -0.15) is 0 Å². The Morgan fingerprint density at radius 2 is 1.88 bits per heavy atom. The molecular formula is C25H29N3O3S. The molecule has 1 aliphatic carbocycles. The van der Waals surface area contributed by atoms with Crippen molar-refractivity contribution in [3.63, 3.8) is 0 Å². The summed E-state index contributed by atoms with van der Waals surface area (Å²) in [5, 5.41) is 9.81. The van der Waals surface area contributed by atoms with Gasteiger partial charge in [0.05, 0.1) is 24.8 Å². The summed E-state index contributed by atoms with van der Waals surface area (Å²) >= 11 is 5.38. The molecule has 1 aliphatic heterocycles. The molecule has 2 aromatic carbocycles. The predicted molar refractivity (Wildman–Crippen MR) is 130 cm³/mol. The van der Waals surface area contributed by atoms with Gasteiger partial charge in [-0.15, -0.1) is 0 Å². The first-order valence-corrected chi connectivity index (χ1v) is 11.4. The van der Waals surface area contributed by atoms with Gasteiger partial charge in [0.25, 0.3) is 5.91 Å². The van der Waals surface area contributed by atoms with Gasteiger partial charge in [0.1, 0.15) is 0 Å². The number of allylic oxidation sites excluding steroid dienone is 1. The lowest BCUT2D eigenvalue weighted by atomic mass is 9.94. The third kappa shape index (κ3) is 4.88. The van der Waals surface area contributed by atoms with E-state index in [2.05, 4.69) is 16.0 Å². The molecule has 1 saturated carbocycles. The minimum absolute atomic E-state index is 0.189. The lowest BCUT2D eigenvalue weighted by Gasteiger charge is -2.31. The number of carbonyl (C=O) groups excluding carboxylic acids is 1. The maximum absolute atomic E-state index is 13.3. The van der Waals surface area contributed by atoms with E-state index in [-0.39, 0.29) is 12.0 Å². The molecule has 2 aliphatic rings. The number of nitrogens with one attached hydrogen (secondary N) is 3. The topological polar surface area (TPSA) is 71.6 Å². The molecule has 0 aromatic heterocycles. The molecule has 1 heterocycles. The van der Waals surface area contributed by atoms with Crippen molar-refractivity contribution in [1.29, 1.82) is 0 Å². The number of carbonyl (C=O) groups is 1. The zero-order valence-corrected chi connectivity index (χ0v) is 19.5. The molecule has 0 saturated heterocycles. The van der Waals surface area contributed by atoms with Crippen LogP contribution >= 0.6 is 12.2 Å². The highest BCUT2D eigenvalue weighted by Gasteiger charge is 2.31. The van der Waals surface area contributed by atoms with Crippen molar-refractivity contribution >= 4 is 28.9 Å². The highest BCUT2D eigenvalue weighted by molar-refractivity contribution is 7.80. The second kappa shape index (κ2) is 9.61. The fraction of sp³-hybridized carbons (Fsp3) is 0.360. The Kier molecular flexibility index (Phi) is 6.65. The molecule has 1 fully saturated rings. The van der Waals surface area contributed by atoms with Crippen molar-refractivity contribution in [2.24, 2.45) is 0 Å². The molecule has 3 N–H and O–H groups in total. The number of rotatable bonds is 6. The molecular weight excluding hydrogens is 422 g/mol. The first-order chi connectivity index (χ1) is 15.4. The zero-order chi connectivity index (χ0) is 22.7. The zero-order valence-electron chi connectivity index (χ0n) is 18.7. The standard InChI is InChI=1S/C25H29N3O3S/c1-15-7-6-8-18(13-15)27-24(29)22-16(2)26-25(32)28-23(22)17-11-12-20(21(14-17)30-3)31-19-9-4-5-10-19/h6-8,11-14,19,23H,4-5,9-10H2,1-3H3,(H,27,29)(H2,26,28,32)/t23-/m0/s1. The van der Waals surface area contributed by atoms with Crippen LogP contribution in [0.4, 0.5) is 5.69 Å². The Labute approximate surface area is 194 Å². The third-order valence-electron chi connectivity index (χ3n) is 5.91. The van der Waals surface area contributed by atoms with Gasteiger partial charge < -0.3 is 25.4 Å². The van der Waals surface area contributed by atoms with Crippen LogP contribution in [0.2, 0.25) is 0 Å². The summed E-state index contributed by atoms with van der Waals surface area (Å²) < 4.78 is 11.8. The molecule has 0 spiro atoms. The van der Waals surface area contributed by atoms with Crippen molar-refractivity contribution < 1.29 is 14.3 Å². The van der Waals surface area contributed by atoms with E-state index in [1.54, 1.807) is 7.11 Å². The van der Waals surface area contributed by atoms with Gasteiger partial charge in [0, 0.05) is 11.4 Å². The number of ether oxygens (including phenoxy) is 2. The van der Waals surface area contributed by atoms with Crippen molar-refractivity contribution in [3.05, 3.63) is 64.9 Å². The fourth-order valence-corrected chi connectivity index (χ4v) is 4.58. The van der Waals surface area contributed by atoms with E-state index in [1.165, 1.54) is 12.8 Å². The van der Waals surface area contributed by atoms with Crippen molar-refractivity contribution in [2.75, 3.05) is 12.4 Å². The molecule has 0 bridgehead atoms. The van der Waals surface area contributed by atoms with E-state index in [0.29, 0.717) is 22.1 Å². The molecule has 4 rings (SSSR count). The van der Waals surface area contributed by atoms with E-state index in [9.17, 15) is 4.79 Å². The highest BCUT2D eigenvalue weighted by Crippen LogP contribution is 2.36. The van der Waals surface area contributed by atoms with Crippen LogP contribution in [0.15, 0.2) is 53.7 Å². The van der Waals surface area contributed by atoms with E-state index in [1.807, 2.05) is 56.3 Å². The van der Waals surface area contributed by atoms with Gasteiger partial charge in [0.15, 0.2) is 16.6 Å². The number of aryl methyl sites for hydroxylation is 1. The van der Waals surface area contributed by atoms with Crippen LogP contribution in [0.25, 0.3) is 0 Å². The molecule has 1 amide bonds. The van der Waals surface area contributed by atoms with E-state index >= 15 is 0 Å². The van der Waals surface area contributed by atoms with E-state index in [0.717, 1.165) is 35.4 Å². The summed E-state index contributed by atoms with van der Waals surface area (Å²) in [5.74, 6) is 1.19. The Balaban J connectivity index is 1.63. The van der Waals surface area contributed by atoms with Crippen molar-refractivity contribution in [3.8, 4) is 11.5 Å². The average Bonchev–Trinajstić information content (AvgIpc) is 3.26. The normalized spacial score (nSPS) is 18.7. The highest BCUT2D eigenvalue weighted by atomic mass is 32.1. The molecule has 168 valence electrons. The summed E-state index contributed by atoms with van der Waals surface area (Å²) in [6.45, 7) is 3.85. The lowest BCUT2D eigenvalue weighted by Crippen LogP contribution is -2.45. The first-order valence-electron chi connectivity index (χ1n) is 11.0. The Hall–Kier alpha value is -3.06. The van der Waals surface area contributed by atoms with Crippen molar-refractivity contribution in [2.45, 2.75) is 51.7 Å². The maximum atomic E-state index is 13.3. The second-order valence-corrected chi connectivity index (χ2v) is 8.74. The third-order valence-corrected chi connectivity index (χ3v) is 6.13. The fourth-order valence-electron chi connectivity index (χ4n) is 4.31. The molecule has 0 radical (unpaired) electrons. The van der Waals surface area contributed by atoms with Gasteiger partial charge >= 0.3 is 0 Å². The molecule has 6 nitrogen and oxygen atoms in total. The monoisotopic (exact) mass is 451 g/mol. The lowest BCUT2D eigenvalue weighted by molar-refractivity contribution is -0.113. The first kappa shape index (κ1) is 22.1. The summed E-state index contributed by atoms with van der Waals surface area (Å²) in [7, 11) is 1.63. The second-order valence-electron chi connectivity index (χ2n) is 8.33. The summed E-state index contributed by atoms with van der Waals surface area (Å²) in [6.07, 6.45) is 4.77. The minimum atomic E-state index is -0.414. The molecule has 1 atom stereocenters. The number of amides is 1. The van der Waals surface area contributed by atoms with Gasteiger partial charge in [-0.05, 0) is 87.1 Å². The van der Waals surface area contributed by atoms with Crippen LogP contribution in [0.3, 0.4) is 0 Å². The number of thiocarbonyl (C=S) groups is 1. The Morgan fingerprint density at radius 3 is 2.59 bits per heavy atom. The van der Waals surface area contributed by atoms with Gasteiger partial charge in [-0.3, -0.25) is 4.79 Å². The van der Waals surface area contributed by atoms with Crippen LogP contribution in [-0.4, -0.2) is 24.2 Å². The molecule has 0 unspecified atom stereocenters. The van der Waals surface area contributed by atoms with Gasteiger partial charge in [-0.1, -0.05) is 18.2 Å². The van der Waals surface area contributed by atoms with E-state index in [4.69, 9.17) is 21.7 Å². The smallest absolute Gasteiger partial charge is 0.255 e. The largest absolute Gasteiger partial charge is 0.493 e. The van der Waals surface area contributed by atoms with Crippen LogP contribution in [0, 0.1) is 6.92 Å². The molecule has 32 heavy (non-hydrogen) atoms. The van der Waals surface area contributed by atoms with Crippen LogP contribution in [0.1, 0.15) is 49.8 Å². The van der Waals surface area contributed by atoms with Gasteiger partial charge in [-0.25, -0.2) is 0 Å². The number of anilines is 1. The molecule has 2 aromatic rings. The average molecular weight is 452 g/mol. The summed E-state index contributed by atoms with van der Waals surface area (Å²) in [5.41, 5.74) is 3.99. The maximum Gasteiger partial charge on any atom is 0.255 e. The Bertz CT molecular complexity index is 1060. The Morgan fingerprint density at radius 1 is 1.09 bits per heavy atom. The SMILES string of the molecule is COc1cc([C@@H]2NC(=S)NC(C)=C2C(=O)Nc2cccc(C)c2)ccc1OC1CCCC1. The number of methoxy groups -OCH3 is 1. The van der Waals surface area contributed by atoms with Crippen molar-refractivity contribution in [1.82, 2.24) is 10.6 Å². The quantitative estimate of drug-likeness (QED) is 0.550. The number of benzene rings is 2. The minimum Gasteiger partial charge on any atom is -0.493 e. The van der Waals surface area contributed by atoms with Crippen LogP contribution < -0.4 is 25.4 Å². The summed E-state index contributed by atoms with van der Waals surface area (Å²) in [4.78, 5) is 13.3. The summed E-state index contributed by atoms with van der Waals surface area (Å²) in [6, 6.07) is 13.1. The number of hydrogen-bond acceptors (Lipinski definition) is 4. The number of hydrogen-bond donors (Lipinski definition) is 3. The van der Waals surface area contributed by atoms with Gasteiger partial charge in [0.2, 0.25) is 0 Å².